The van der Waals surface area contributed by atoms with Crippen molar-refractivity contribution in [1.29, 1.82) is 0 Å². The first-order chi connectivity index (χ1) is 12.5. The molecule has 0 fully saturated rings. The van der Waals surface area contributed by atoms with Gasteiger partial charge >= 0.3 is 5.97 Å². The number of thiazole rings is 1. The third-order valence-electron chi connectivity index (χ3n) is 3.64. The number of nitrogens with zero attached hydrogens (tertiary/aromatic N) is 1. The summed E-state index contributed by atoms with van der Waals surface area (Å²) in [6.07, 6.45) is 1.45. The smallest absolute Gasteiger partial charge is 0.352 e. The number of aryl methyl sites for hydroxylation is 1. The van der Waals surface area contributed by atoms with Crippen molar-refractivity contribution in [1.82, 2.24) is 10.3 Å². The maximum absolute atomic E-state index is 12.2. The highest BCUT2D eigenvalue weighted by Gasteiger charge is 2.15. The normalized spacial score (nSPS) is 11.2. The van der Waals surface area contributed by atoms with Gasteiger partial charge in [-0.2, -0.15) is 0 Å². The fourth-order valence-corrected chi connectivity index (χ4v) is 3.33. The molecule has 0 unspecified atom stereocenters. The average molecular weight is 364 g/mol. The number of aliphatic carboxylic acids is 1. The lowest BCUT2D eigenvalue weighted by Crippen LogP contribution is -2.27. The SMILES string of the molecule is Cc1nc(-c2ccccc2)sc1C=C(NC(=O)c1ccccc1)C(=O)O. The van der Waals surface area contributed by atoms with Crippen molar-refractivity contribution in [2.24, 2.45) is 0 Å². The third-order valence-corrected chi connectivity index (χ3v) is 4.80. The minimum absolute atomic E-state index is 0.190. The summed E-state index contributed by atoms with van der Waals surface area (Å²) < 4.78 is 0. The van der Waals surface area contributed by atoms with Crippen molar-refractivity contribution >= 4 is 29.3 Å². The van der Waals surface area contributed by atoms with E-state index in [-0.39, 0.29) is 5.70 Å². The predicted molar refractivity (Wildman–Crippen MR) is 102 cm³/mol. The summed E-state index contributed by atoms with van der Waals surface area (Å²) in [6.45, 7) is 1.81. The molecule has 2 N–H and O–H groups in total. The van der Waals surface area contributed by atoms with Crippen LogP contribution in [0.15, 0.2) is 66.4 Å². The molecule has 0 saturated heterocycles. The van der Waals surface area contributed by atoms with E-state index in [1.807, 2.05) is 37.3 Å². The number of hydrogen-bond acceptors (Lipinski definition) is 4. The summed E-state index contributed by atoms with van der Waals surface area (Å²) >= 11 is 1.38. The number of carbonyl (C=O) groups is 2. The van der Waals surface area contributed by atoms with E-state index in [1.165, 1.54) is 17.4 Å². The van der Waals surface area contributed by atoms with Gasteiger partial charge in [0.1, 0.15) is 10.7 Å². The lowest BCUT2D eigenvalue weighted by atomic mass is 10.2. The van der Waals surface area contributed by atoms with Crippen molar-refractivity contribution in [3.8, 4) is 10.6 Å². The van der Waals surface area contributed by atoms with E-state index in [4.69, 9.17) is 0 Å². The second kappa shape index (κ2) is 7.76. The average Bonchev–Trinajstić information content (AvgIpc) is 3.03. The van der Waals surface area contributed by atoms with E-state index in [0.717, 1.165) is 10.6 Å². The predicted octanol–water partition coefficient (Wildman–Crippen LogP) is 3.97. The van der Waals surface area contributed by atoms with Crippen LogP contribution in [0.2, 0.25) is 0 Å². The number of carboxylic acids is 1. The van der Waals surface area contributed by atoms with Crippen molar-refractivity contribution in [3.63, 3.8) is 0 Å². The molecule has 0 aliphatic rings. The van der Waals surface area contributed by atoms with E-state index >= 15 is 0 Å². The highest BCUT2D eigenvalue weighted by molar-refractivity contribution is 7.16. The van der Waals surface area contributed by atoms with Crippen LogP contribution in [0.4, 0.5) is 0 Å². The quantitative estimate of drug-likeness (QED) is 0.671. The summed E-state index contributed by atoms with van der Waals surface area (Å²) in [5.74, 6) is -1.67. The Kier molecular flexibility index (Phi) is 5.24. The van der Waals surface area contributed by atoms with E-state index < -0.39 is 11.9 Å². The fourth-order valence-electron chi connectivity index (χ4n) is 2.31. The molecule has 0 aliphatic carbocycles. The van der Waals surface area contributed by atoms with Gasteiger partial charge in [0.25, 0.3) is 5.91 Å². The second-order valence-corrected chi connectivity index (χ2v) is 6.55. The molecule has 26 heavy (non-hydrogen) atoms. The third kappa shape index (κ3) is 4.04. The zero-order valence-corrected chi connectivity index (χ0v) is 14.8. The Morgan fingerprint density at radius 2 is 1.65 bits per heavy atom. The molecule has 0 atom stereocenters. The van der Waals surface area contributed by atoms with Crippen LogP contribution in [0, 0.1) is 6.92 Å². The van der Waals surface area contributed by atoms with Gasteiger partial charge in [0.05, 0.1) is 10.6 Å². The van der Waals surface area contributed by atoms with Gasteiger partial charge in [-0.15, -0.1) is 11.3 Å². The Labute approximate surface area is 154 Å². The van der Waals surface area contributed by atoms with Crippen LogP contribution in [0.1, 0.15) is 20.9 Å². The monoisotopic (exact) mass is 364 g/mol. The molecule has 3 rings (SSSR count). The zero-order chi connectivity index (χ0) is 18.5. The molecule has 0 bridgehead atoms. The fraction of sp³-hybridized carbons (Fsp3) is 0.0500. The molecule has 3 aromatic rings. The summed E-state index contributed by atoms with van der Waals surface area (Å²) in [5.41, 5.74) is 1.88. The Morgan fingerprint density at radius 3 is 2.27 bits per heavy atom. The van der Waals surface area contributed by atoms with E-state index in [9.17, 15) is 14.7 Å². The van der Waals surface area contributed by atoms with Gasteiger partial charge in [0, 0.05) is 11.1 Å². The number of carboxylic acid groups (broad SMARTS) is 1. The van der Waals surface area contributed by atoms with Crippen LogP contribution in [0.5, 0.6) is 0 Å². The summed E-state index contributed by atoms with van der Waals surface area (Å²) in [5, 5.41) is 12.7. The number of aromatic nitrogens is 1. The van der Waals surface area contributed by atoms with Gasteiger partial charge < -0.3 is 10.4 Å². The van der Waals surface area contributed by atoms with Crippen LogP contribution < -0.4 is 5.32 Å². The van der Waals surface area contributed by atoms with E-state index in [2.05, 4.69) is 10.3 Å². The largest absolute Gasteiger partial charge is 0.477 e. The maximum Gasteiger partial charge on any atom is 0.352 e. The van der Waals surface area contributed by atoms with E-state index in [1.54, 1.807) is 30.3 Å². The molecule has 0 spiro atoms. The lowest BCUT2D eigenvalue weighted by Gasteiger charge is -2.05. The maximum atomic E-state index is 12.2. The topological polar surface area (TPSA) is 79.3 Å². The summed E-state index contributed by atoms with van der Waals surface area (Å²) in [6, 6.07) is 18.1. The summed E-state index contributed by atoms with van der Waals surface area (Å²) in [4.78, 5) is 29.0. The number of carbonyl (C=O) groups excluding carboxylic acids is 1. The van der Waals surface area contributed by atoms with Crippen molar-refractivity contribution in [2.45, 2.75) is 6.92 Å². The molecule has 0 aliphatic heterocycles. The highest BCUT2D eigenvalue weighted by atomic mass is 32.1. The molecule has 6 heteroatoms. The Bertz CT molecular complexity index is 963. The van der Waals surface area contributed by atoms with Crippen molar-refractivity contribution < 1.29 is 14.7 Å². The molecule has 1 amide bonds. The molecule has 5 nitrogen and oxygen atoms in total. The van der Waals surface area contributed by atoms with Gasteiger partial charge in [-0.25, -0.2) is 9.78 Å². The molecule has 1 aromatic heterocycles. The highest BCUT2D eigenvalue weighted by Crippen LogP contribution is 2.29. The van der Waals surface area contributed by atoms with Crippen LogP contribution >= 0.6 is 11.3 Å². The van der Waals surface area contributed by atoms with Crippen LogP contribution in [-0.4, -0.2) is 22.0 Å². The molecular formula is C20H16N2O3S. The number of nitrogens with one attached hydrogen (secondary N) is 1. The Morgan fingerprint density at radius 1 is 1.04 bits per heavy atom. The van der Waals surface area contributed by atoms with Gasteiger partial charge in [0.15, 0.2) is 0 Å². The first kappa shape index (κ1) is 17.6. The van der Waals surface area contributed by atoms with E-state index in [0.29, 0.717) is 16.1 Å². The molecular weight excluding hydrogens is 348 g/mol. The molecule has 0 saturated carbocycles. The van der Waals surface area contributed by atoms with Gasteiger partial charge in [0.2, 0.25) is 0 Å². The molecule has 130 valence electrons. The molecule has 2 aromatic carbocycles. The molecule has 1 heterocycles. The molecule has 0 radical (unpaired) electrons. The van der Waals surface area contributed by atoms with Crippen molar-refractivity contribution in [3.05, 3.63) is 82.5 Å². The van der Waals surface area contributed by atoms with Crippen LogP contribution in [0.25, 0.3) is 16.6 Å². The Hall–Kier alpha value is -3.25. The van der Waals surface area contributed by atoms with Crippen LogP contribution in [0.3, 0.4) is 0 Å². The number of rotatable bonds is 5. The lowest BCUT2D eigenvalue weighted by molar-refractivity contribution is -0.132. The minimum Gasteiger partial charge on any atom is -0.477 e. The number of hydrogen-bond donors (Lipinski definition) is 2. The number of benzene rings is 2. The van der Waals surface area contributed by atoms with Gasteiger partial charge in [-0.3, -0.25) is 4.79 Å². The minimum atomic E-state index is -1.21. The second-order valence-electron chi connectivity index (χ2n) is 5.52. The summed E-state index contributed by atoms with van der Waals surface area (Å²) in [7, 11) is 0. The number of amides is 1. The first-order valence-electron chi connectivity index (χ1n) is 7.89. The standard InChI is InChI=1S/C20H16N2O3S/c1-13-17(26-19(21-13)15-10-6-3-7-11-15)12-16(20(24)25)22-18(23)14-8-4-2-5-9-14/h2-12H,1H3,(H,22,23)(H,24,25). The first-order valence-corrected chi connectivity index (χ1v) is 8.70. The van der Waals surface area contributed by atoms with Gasteiger partial charge in [-0.1, -0.05) is 48.5 Å². The van der Waals surface area contributed by atoms with Gasteiger partial charge in [-0.05, 0) is 25.1 Å². The zero-order valence-electron chi connectivity index (χ0n) is 14.0. The Balaban J connectivity index is 1.89. The van der Waals surface area contributed by atoms with Crippen LogP contribution in [-0.2, 0) is 4.79 Å². The van der Waals surface area contributed by atoms with Crippen molar-refractivity contribution in [2.75, 3.05) is 0 Å².